The SMILES string of the molecule is CCCCC(CCC)C(C)(C)C(C)(C)OC(C)(C)C(C)(C)C(CCC)CCCC. The van der Waals surface area contributed by atoms with Gasteiger partial charge >= 0.3 is 0 Å². The smallest absolute Gasteiger partial charge is 0.0687 e. The number of rotatable bonds is 16. The molecule has 0 aromatic carbocycles. The van der Waals surface area contributed by atoms with Crippen LogP contribution in [0.3, 0.4) is 0 Å². The molecule has 0 heterocycles. The first-order valence-electron chi connectivity index (χ1n) is 12.9. The van der Waals surface area contributed by atoms with Crippen molar-refractivity contribution in [2.24, 2.45) is 22.7 Å². The fraction of sp³-hybridized carbons (Fsp3) is 1.00. The first-order chi connectivity index (χ1) is 13.2. The summed E-state index contributed by atoms with van der Waals surface area (Å²) in [7, 11) is 0. The molecule has 0 saturated carbocycles. The maximum absolute atomic E-state index is 7.17. The van der Waals surface area contributed by atoms with E-state index in [2.05, 4.69) is 83.1 Å². The molecule has 0 fully saturated rings. The number of hydrogen-bond acceptors (Lipinski definition) is 1. The maximum atomic E-state index is 7.17. The van der Waals surface area contributed by atoms with Gasteiger partial charge < -0.3 is 4.74 Å². The van der Waals surface area contributed by atoms with Crippen molar-refractivity contribution in [3.05, 3.63) is 0 Å². The molecule has 0 bridgehead atoms. The molecule has 0 aliphatic heterocycles. The van der Waals surface area contributed by atoms with E-state index in [9.17, 15) is 0 Å². The second-order valence-corrected chi connectivity index (χ2v) is 11.8. The van der Waals surface area contributed by atoms with E-state index in [0.717, 1.165) is 0 Å². The van der Waals surface area contributed by atoms with Gasteiger partial charge in [-0.1, -0.05) is 107 Å². The molecule has 1 heteroatoms. The van der Waals surface area contributed by atoms with Crippen molar-refractivity contribution in [2.75, 3.05) is 0 Å². The molecule has 0 aliphatic rings. The van der Waals surface area contributed by atoms with Gasteiger partial charge in [0.05, 0.1) is 11.2 Å². The molecule has 0 radical (unpaired) electrons. The maximum Gasteiger partial charge on any atom is 0.0687 e. The van der Waals surface area contributed by atoms with Gasteiger partial charge in [-0.05, 0) is 63.2 Å². The van der Waals surface area contributed by atoms with Crippen molar-refractivity contribution in [1.29, 1.82) is 0 Å². The largest absolute Gasteiger partial charge is 0.369 e. The Morgan fingerprint density at radius 2 is 0.793 bits per heavy atom. The Morgan fingerprint density at radius 3 is 1.03 bits per heavy atom. The molecule has 0 aliphatic carbocycles. The molecule has 0 aromatic rings. The van der Waals surface area contributed by atoms with Gasteiger partial charge in [0.1, 0.15) is 0 Å². The molecule has 0 rings (SSSR count). The van der Waals surface area contributed by atoms with Crippen LogP contribution in [0.5, 0.6) is 0 Å². The minimum atomic E-state index is -0.164. The highest BCUT2D eigenvalue weighted by Crippen LogP contribution is 2.51. The lowest BCUT2D eigenvalue weighted by Gasteiger charge is -2.55. The zero-order valence-corrected chi connectivity index (χ0v) is 22.6. The molecule has 0 aromatic heterocycles. The third kappa shape index (κ3) is 7.55. The highest BCUT2D eigenvalue weighted by Gasteiger charge is 2.51. The second kappa shape index (κ2) is 12.1. The molecule has 2 unspecified atom stereocenters. The first kappa shape index (κ1) is 29.0. The van der Waals surface area contributed by atoms with Gasteiger partial charge in [0, 0.05) is 0 Å². The standard InChI is InChI=1S/C28H58O/c1-13-17-21-23(19-15-3)25(5,6)27(9,10)29-28(11,12)26(7,8)24(20-16-4)22-18-14-2/h23-24H,13-22H2,1-12H3. The summed E-state index contributed by atoms with van der Waals surface area (Å²) in [6, 6.07) is 0. The molecule has 0 saturated heterocycles. The van der Waals surface area contributed by atoms with Gasteiger partial charge in [-0.2, -0.15) is 0 Å². The molecule has 0 spiro atoms. The van der Waals surface area contributed by atoms with Crippen LogP contribution in [0, 0.1) is 22.7 Å². The summed E-state index contributed by atoms with van der Waals surface area (Å²) in [6.07, 6.45) is 13.0. The van der Waals surface area contributed by atoms with E-state index in [4.69, 9.17) is 4.74 Å². The Labute approximate surface area is 186 Å². The van der Waals surface area contributed by atoms with E-state index in [1.165, 1.54) is 64.2 Å². The Bertz CT molecular complexity index is 390. The Hall–Kier alpha value is -0.0400. The van der Waals surface area contributed by atoms with Crippen molar-refractivity contribution in [2.45, 2.75) is 158 Å². The van der Waals surface area contributed by atoms with Crippen molar-refractivity contribution in [3.63, 3.8) is 0 Å². The van der Waals surface area contributed by atoms with Gasteiger partial charge in [-0.3, -0.25) is 0 Å². The fourth-order valence-electron chi connectivity index (χ4n) is 5.21. The summed E-state index contributed by atoms with van der Waals surface area (Å²) < 4.78 is 7.17. The van der Waals surface area contributed by atoms with Crippen molar-refractivity contribution < 1.29 is 4.74 Å². The van der Waals surface area contributed by atoms with E-state index in [-0.39, 0.29) is 22.0 Å². The Balaban J connectivity index is 5.70. The van der Waals surface area contributed by atoms with Crippen LogP contribution < -0.4 is 0 Å². The number of hydrogen-bond donors (Lipinski definition) is 0. The molecule has 29 heavy (non-hydrogen) atoms. The summed E-state index contributed by atoms with van der Waals surface area (Å²) in [6.45, 7) is 28.6. The second-order valence-electron chi connectivity index (χ2n) is 11.8. The van der Waals surface area contributed by atoms with E-state index < -0.39 is 0 Å². The van der Waals surface area contributed by atoms with Gasteiger partial charge in [0.2, 0.25) is 0 Å². The lowest BCUT2D eigenvalue weighted by Crippen LogP contribution is -2.56. The van der Waals surface area contributed by atoms with Crippen LogP contribution in [0.4, 0.5) is 0 Å². The van der Waals surface area contributed by atoms with Crippen LogP contribution in [-0.4, -0.2) is 11.2 Å². The van der Waals surface area contributed by atoms with Gasteiger partial charge in [0.15, 0.2) is 0 Å². The third-order valence-electron chi connectivity index (χ3n) is 8.74. The van der Waals surface area contributed by atoms with Crippen molar-refractivity contribution in [1.82, 2.24) is 0 Å². The summed E-state index contributed by atoms with van der Waals surface area (Å²) in [5, 5.41) is 0. The van der Waals surface area contributed by atoms with Gasteiger partial charge in [-0.25, -0.2) is 0 Å². The molecule has 1 nitrogen and oxygen atoms in total. The van der Waals surface area contributed by atoms with Gasteiger partial charge in [0.25, 0.3) is 0 Å². The summed E-state index contributed by atoms with van der Waals surface area (Å²) in [5.41, 5.74) is -0.0316. The zero-order chi connectivity index (χ0) is 22.9. The van der Waals surface area contributed by atoms with Crippen LogP contribution in [0.25, 0.3) is 0 Å². The van der Waals surface area contributed by atoms with Crippen LogP contribution >= 0.6 is 0 Å². The van der Waals surface area contributed by atoms with E-state index in [1.54, 1.807) is 0 Å². The quantitative estimate of drug-likeness (QED) is 0.246. The first-order valence-corrected chi connectivity index (χ1v) is 12.9. The lowest BCUT2D eigenvalue weighted by molar-refractivity contribution is -0.234. The van der Waals surface area contributed by atoms with Crippen molar-refractivity contribution in [3.8, 4) is 0 Å². The summed E-state index contributed by atoms with van der Waals surface area (Å²) >= 11 is 0. The highest BCUT2D eigenvalue weighted by molar-refractivity contribution is 4.99. The van der Waals surface area contributed by atoms with Gasteiger partial charge in [-0.15, -0.1) is 0 Å². The monoisotopic (exact) mass is 410 g/mol. The van der Waals surface area contributed by atoms with E-state index >= 15 is 0 Å². The fourth-order valence-corrected chi connectivity index (χ4v) is 5.21. The average Bonchev–Trinajstić information content (AvgIpc) is 2.60. The number of ether oxygens (including phenoxy) is 1. The minimum absolute atomic E-state index is 0.148. The average molecular weight is 411 g/mol. The minimum Gasteiger partial charge on any atom is -0.369 e. The Morgan fingerprint density at radius 1 is 0.483 bits per heavy atom. The highest BCUT2D eigenvalue weighted by atomic mass is 16.5. The zero-order valence-electron chi connectivity index (χ0n) is 22.6. The van der Waals surface area contributed by atoms with Crippen LogP contribution in [0.1, 0.15) is 147 Å². The number of unbranched alkanes of at least 4 members (excludes halogenated alkanes) is 2. The third-order valence-corrected chi connectivity index (χ3v) is 8.74. The molecule has 2 atom stereocenters. The van der Waals surface area contributed by atoms with Crippen LogP contribution in [0.15, 0.2) is 0 Å². The van der Waals surface area contributed by atoms with Crippen molar-refractivity contribution >= 4 is 0 Å². The molecule has 0 N–H and O–H groups in total. The van der Waals surface area contributed by atoms with E-state index in [0.29, 0.717) is 11.8 Å². The Kier molecular flexibility index (Phi) is 12.1. The molecular formula is C28H58O. The molecular weight excluding hydrogens is 352 g/mol. The molecule has 176 valence electrons. The predicted molar refractivity (Wildman–Crippen MR) is 133 cm³/mol. The topological polar surface area (TPSA) is 9.23 Å². The normalized spacial score (nSPS) is 16.1. The van der Waals surface area contributed by atoms with E-state index in [1.807, 2.05) is 0 Å². The lowest BCUT2D eigenvalue weighted by atomic mass is 9.62. The van der Waals surface area contributed by atoms with Crippen LogP contribution in [-0.2, 0) is 4.74 Å². The summed E-state index contributed by atoms with van der Waals surface area (Å²) in [4.78, 5) is 0. The predicted octanol–water partition coefficient (Wildman–Crippen LogP) is 9.83. The van der Waals surface area contributed by atoms with Crippen LogP contribution in [0.2, 0.25) is 0 Å². The summed E-state index contributed by atoms with van der Waals surface area (Å²) in [5.74, 6) is 1.43. The molecule has 0 amide bonds.